The van der Waals surface area contributed by atoms with Gasteiger partial charge in [0.2, 0.25) is 6.29 Å². The van der Waals surface area contributed by atoms with E-state index in [1.165, 1.54) is 27.0 Å². The number of allylic oxidation sites excluding steroid dienone is 2. The van der Waals surface area contributed by atoms with E-state index in [9.17, 15) is 19.5 Å². The van der Waals surface area contributed by atoms with Gasteiger partial charge in [0, 0.05) is 32.3 Å². The Morgan fingerprint density at radius 3 is 2.32 bits per heavy atom. The van der Waals surface area contributed by atoms with Crippen molar-refractivity contribution in [3.05, 3.63) is 47.3 Å². The van der Waals surface area contributed by atoms with E-state index in [4.69, 9.17) is 18.9 Å². The van der Waals surface area contributed by atoms with E-state index in [1.807, 2.05) is 20.8 Å². The van der Waals surface area contributed by atoms with Crippen molar-refractivity contribution in [3.8, 4) is 0 Å². The molecule has 0 saturated heterocycles. The van der Waals surface area contributed by atoms with Gasteiger partial charge in [0.05, 0.1) is 18.3 Å². The maximum atomic E-state index is 12.1. The fraction of sp³-hybridized carbons (Fsp3) is 0.577. The minimum atomic E-state index is -0.954. The number of esters is 3. The van der Waals surface area contributed by atoms with Crippen molar-refractivity contribution in [2.24, 2.45) is 11.8 Å². The molecule has 6 atom stereocenters. The summed E-state index contributed by atoms with van der Waals surface area (Å²) in [6, 6.07) is 0. The molecular formula is C26H36O8. The summed E-state index contributed by atoms with van der Waals surface area (Å²) in [5.74, 6) is -2.39. The van der Waals surface area contributed by atoms with Gasteiger partial charge in [0.15, 0.2) is 12.2 Å². The Kier molecular flexibility index (Phi) is 9.67. The van der Waals surface area contributed by atoms with Gasteiger partial charge < -0.3 is 24.1 Å². The Morgan fingerprint density at radius 1 is 1.12 bits per heavy atom. The van der Waals surface area contributed by atoms with Crippen LogP contribution < -0.4 is 0 Å². The van der Waals surface area contributed by atoms with Crippen molar-refractivity contribution < 1.29 is 38.4 Å². The predicted molar refractivity (Wildman–Crippen MR) is 125 cm³/mol. The lowest BCUT2D eigenvalue weighted by atomic mass is 9.74. The molecule has 8 nitrogen and oxygen atoms in total. The molecule has 0 aromatic rings. The van der Waals surface area contributed by atoms with Crippen LogP contribution >= 0.6 is 0 Å². The van der Waals surface area contributed by atoms with Crippen LogP contribution in [0.4, 0.5) is 0 Å². The van der Waals surface area contributed by atoms with E-state index in [0.29, 0.717) is 24.0 Å². The largest absolute Gasteiger partial charge is 0.462 e. The summed E-state index contributed by atoms with van der Waals surface area (Å²) >= 11 is 0. The molecule has 0 radical (unpaired) electrons. The van der Waals surface area contributed by atoms with Crippen LogP contribution in [0.15, 0.2) is 47.3 Å². The summed E-state index contributed by atoms with van der Waals surface area (Å²) in [5.41, 5.74) is 3.11. The predicted octanol–water partition coefficient (Wildman–Crippen LogP) is 3.90. The minimum absolute atomic E-state index is 0.256. The van der Waals surface area contributed by atoms with Gasteiger partial charge in [-0.2, -0.15) is 0 Å². The molecule has 2 aliphatic rings. The average molecular weight is 477 g/mol. The summed E-state index contributed by atoms with van der Waals surface area (Å²) in [4.78, 5) is 35.8. The van der Waals surface area contributed by atoms with Crippen molar-refractivity contribution in [2.45, 2.75) is 85.4 Å². The number of fused-ring (bicyclic) bond motifs is 1. The fourth-order valence-electron chi connectivity index (χ4n) is 4.55. The van der Waals surface area contributed by atoms with E-state index >= 15 is 0 Å². The Balaban J connectivity index is 2.62. The molecule has 1 aliphatic carbocycles. The number of ether oxygens (including phenoxy) is 4. The smallest absolute Gasteiger partial charge is 0.305 e. The van der Waals surface area contributed by atoms with Crippen LogP contribution in [-0.4, -0.2) is 47.6 Å². The van der Waals surface area contributed by atoms with Gasteiger partial charge in [0.1, 0.15) is 0 Å². The van der Waals surface area contributed by atoms with Gasteiger partial charge in [-0.3, -0.25) is 14.4 Å². The highest BCUT2D eigenvalue weighted by Crippen LogP contribution is 2.44. The summed E-state index contributed by atoms with van der Waals surface area (Å²) in [7, 11) is 0. The number of aliphatic hydroxyl groups excluding tert-OH is 1. The molecule has 0 amide bonds. The van der Waals surface area contributed by atoms with Crippen LogP contribution in [-0.2, 0) is 33.3 Å². The molecule has 2 rings (SSSR count). The van der Waals surface area contributed by atoms with Crippen molar-refractivity contribution >= 4 is 17.9 Å². The van der Waals surface area contributed by atoms with E-state index in [1.54, 1.807) is 12.2 Å². The van der Waals surface area contributed by atoms with Crippen molar-refractivity contribution in [3.63, 3.8) is 0 Å². The van der Waals surface area contributed by atoms with Crippen LogP contribution in [0, 0.1) is 11.8 Å². The molecule has 0 unspecified atom stereocenters. The van der Waals surface area contributed by atoms with Crippen molar-refractivity contribution in [2.75, 3.05) is 0 Å². The topological polar surface area (TPSA) is 108 Å². The average Bonchev–Trinajstić information content (AvgIpc) is 2.73. The third kappa shape index (κ3) is 7.58. The molecule has 0 saturated carbocycles. The second kappa shape index (κ2) is 12.0. The summed E-state index contributed by atoms with van der Waals surface area (Å²) in [5, 5.41) is 10.5. The number of carbonyl (C=O) groups is 3. The van der Waals surface area contributed by atoms with Crippen molar-refractivity contribution in [1.82, 2.24) is 0 Å². The molecule has 188 valence electrons. The second-order valence-corrected chi connectivity index (χ2v) is 9.19. The second-order valence-electron chi connectivity index (χ2n) is 9.19. The molecular weight excluding hydrogens is 440 g/mol. The maximum Gasteiger partial charge on any atom is 0.305 e. The van der Waals surface area contributed by atoms with Gasteiger partial charge >= 0.3 is 17.9 Å². The standard InChI is InChI=1S/C26H36O8/c1-14(2)10-23(32-17(5)27)25(33-18(6)28)22-13-31-26(34-19(7)29)24-16(4)12-20(30)11-15(3)8-9-21(22)24/h10-11,13,20-21,23-26,30H,4,8-9,12H2,1-3,5-7H3/b15-11+/t20-,21-,23+,24+,25-,26-/m1/s1. The zero-order valence-corrected chi connectivity index (χ0v) is 20.8. The Morgan fingerprint density at radius 2 is 1.76 bits per heavy atom. The van der Waals surface area contributed by atoms with Gasteiger partial charge in [0.25, 0.3) is 0 Å². The Bertz CT molecular complexity index is 892. The molecule has 34 heavy (non-hydrogen) atoms. The number of rotatable bonds is 6. The first-order valence-corrected chi connectivity index (χ1v) is 11.4. The van der Waals surface area contributed by atoms with Crippen molar-refractivity contribution in [1.29, 1.82) is 0 Å². The lowest BCUT2D eigenvalue weighted by Gasteiger charge is -2.41. The first-order valence-electron chi connectivity index (χ1n) is 11.4. The van der Waals surface area contributed by atoms with Gasteiger partial charge in [-0.15, -0.1) is 0 Å². The van der Waals surface area contributed by atoms with Gasteiger partial charge in [-0.1, -0.05) is 29.4 Å². The zero-order valence-electron chi connectivity index (χ0n) is 20.8. The first kappa shape index (κ1) is 27.4. The highest BCUT2D eigenvalue weighted by molar-refractivity contribution is 5.68. The van der Waals surface area contributed by atoms with E-state index < -0.39 is 48.4 Å². The van der Waals surface area contributed by atoms with Crippen LogP contribution in [0.5, 0.6) is 0 Å². The first-order chi connectivity index (χ1) is 15.9. The van der Waals surface area contributed by atoms with Crippen LogP contribution in [0.25, 0.3) is 0 Å². The fourth-order valence-corrected chi connectivity index (χ4v) is 4.55. The van der Waals surface area contributed by atoms with Gasteiger partial charge in [-0.25, -0.2) is 0 Å². The van der Waals surface area contributed by atoms with Crippen LogP contribution in [0.2, 0.25) is 0 Å². The van der Waals surface area contributed by atoms with E-state index in [2.05, 4.69) is 6.58 Å². The quantitative estimate of drug-likeness (QED) is 0.349. The van der Waals surface area contributed by atoms with Crippen LogP contribution in [0.1, 0.15) is 60.8 Å². The minimum Gasteiger partial charge on any atom is -0.462 e. The Hall–Kier alpha value is -2.87. The third-order valence-electron chi connectivity index (χ3n) is 5.76. The van der Waals surface area contributed by atoms with E-state index in [-0.39, 0.29) is 12.3 Å². The lowest BCUT2D eigenvalue weighted by molar-refractivity contribution is -0.182. The molecule has 1 N–H and O–H groups in total. The highest BCUT2D eigenvalue weighted by Gasteiger charge is 2.45. The molecule has 0 fully saturated rings. The normalized spacial score (nSPS) is 28.0. The lowest BCUT2D eigenvalue weighted by Crippen LogP contribution is -2.45. The monoisotopic (exact) mass is 476 g/mol. The molecule has 1 aliphatic heterocycles. The highest BCUT2D eigenvalue weighted by atomic mass is 16.7. The zero-order chi connectivity index (χ0) is 25.6. The van der Waals surface area contributed by atoms with Crippen LogP contribution in [0.3, 0.4) is 0 Å². The molecule has 0 aromatic carbocycles. The maximum absolute atomic E-state index is 12.1. The Labute approximate surface area is 201 Å². The third-order valence-corrected chi connectivity index (χ3v) is 5.76. The summed E-state index contributed by atoms with van der Waals surface area (Å²) in [6.45, 7) is 13.7. The molecule has 0 spiro atoms. The molecule has 0 bridgehead atoms. The number of carbonyl (C=O) groups excluding carboxylic acids is 3. The summed E-state index contributed by atoms with van der Waals surface area (Å²) in [6.07, 6.45) is 2.93. The number of hydrogen-bond donors (Lipinski definition) is 1. The molecule has 0 aromatic heterocycles. The molecule has 1 heterocycles. The van der Waals surface area contributed by atoms with Gasteiger partial charge in [-0.05, 0) is 46.1 Å². The van der Waals surface area contributed by atoms with E-state index in [0.717, 1.165) is 11.1 Å². The SMILES string of the molecule is C=C1C[C@H](O)/C=C(\C)CC[C@@H]2C([C@@H](OC(C)=O)[C@H](C=C(C)C)OC(C)=O)=CO[C@H](OC(C)=O)[C@@H]12. The summed E-state index contributed by atoms with van der Waals surface area (Å²) < 4.78 is 22.5. The number of aliphatic hydroxyl groups is 1. The number of hydrogen-bond acceptors (Lipinski definition) is 8. The molecule has 8 heteroatoms.